The largest absolute Gasteiger partial charge is 0.488 e. The highest BCUT2D eigenvalue weighted by Crippen LogP contribution is 2.35. The maximum absolute atomic E-state index is 12.8. The molecule has 0 radical (unpaired) electrons. The molecule has 0 bridgehead atoms. The van der Waals surface area contributed by atoms with E-state index in [-0.39, 0.29) is 11.6 Å². The van der Waals surface area contributed by atoms with Crippen molar-refractivity contribution in [2.75, 3.05) is 0 Å². The number of nitrogens with zero attached hydrogens (tertiary/aromatic N) is 2. The van der Waals surface area contributed by atoms with Crippen molar-refractivity contribution >= 4 is 62.7 Å². The third-order valence-corrected chi connectivity index (χ3v) is 6.62. The molecular weight excluding hydrogens is 498 g/mol. The summed E-state index contributed by atoms with van der Waals surface area (Å²) in [6.07, 6.45) is 1.80. The molecule has 1 aliphatic rings. The van der Waals surface area contributed by atoms with Crippen molar-refractivity contribution < 1.29 is 14.5 Å². The number of nitrogens with one attached hydrogen (secondary N) is 1. The van der Waals surface area contributed by atoms with Crippen LogP contribution >= 0.6 is 23.4 Å². The summed E-state index contributed by atoms with van der Waals surface area (Å²) in [5, 5.41) is 16.6. The summed E-state index contributed by atoms with van der Waals surface area (Å²) >= 11 is 7.18. The minimum atomic E-state index is -0.472. The Kier molecular flexibility index (Phi) is 6.71. The van der Waals surface area contributed by atoms with Gasteiger partial charge in [0.05, 0.1) is 15.5 Å². The van der Waals surface area contributed by atoms with Crippen LogP contribution in [0, 0.1) is 10.1 Å². The molecule has 1 fully saturated rings. The Morgan fingerprint density at radius 2 is 1.75 bits per heavy atom. The van der Waals surface area contributed by atoms with Gasteiger partial charge >= 0.3 is 0 Å². The summed E-state index contributed by atoms with van der Waals surface area (Å²) in [6.45, 7) is 0.345. The van der Waals surface area contributed by atoms with Crippen LogP contribution in [-0.4, -0.2) is 16.0 Å². The number of hydrogen-bond acceptors (Lipinski definition) is 6. The van der Waals surface area contributed by atoms with Crippen LogP contribution in [0.4, 0.5) is 11.4 Å². The van der Waals surface area contributed by atoms with Crippen molar-refractivity contribution in [3.8, 4) is 5.75 Å². The molecule has 0 spiro atoms. The van der Waals surface area contributed by atoms with E-state index in [1.54, 1.807) is 6.08 Å². The third kappa shape index (κ3) is 5.25. The minimum absolute atomic E-state index is 0.0234. The van der Waals surface area contributed by atoms with E-state index in [0.29, 0.717) is 33.1 Å². The second-order valence-corrected chi connectivity index (χ2v) is 9.34. The quantitative estimate of drug-likeness (QED) is 0.172. The summed E-state index contributed by atoms with van der Waals surface area (Å²) in [4.78, 5) is 28.0. The second-order valence-electron chi connectivity index (χ2n) is 7.87. The van der Waals surface area contributed by atoms with Gasteiger partial charge in [-0.25, -0.2) is 4.99 Å². The van der Waals surface area contributed by atoms with E-state index in [9.17, 15) is 14.9 Å². The lowest BCUT2D eigenvalue weighted by Crippen LogP contribution is -2.19. The van der Waals surface area contributed by atoms with E-state index in [1.165, 1.54) is 36.0 Å². The first-order valence-electron chi connectivity index (χ1n) is 10.9. The molecule has 0 atom stereocenters. The molecule has 5 rings (SSSR count). The fraction of sp³-hybridized carbons (Fsp3) is 0.0370. The van der Waals surface area contributed by atoms with Gasteiger partial charge in [-0.3, -0.25) is 14.9 Å². The third-order valence-electron chi connectivity index (χ3n) is 5.46. The zero-order chi connectivity index (χ0) is 25.1. The number of halogens is 1. The number of carbonyl (C=O) groups is 1. The number of rotatable bonds is 6. The molecule has 36 heavy (non-hydrogen) atoms. The van der Waals surface area contributed by atoms with Crippen LogP contribution in [0.1, 0.15) is 11.1 Å². The smallest absolute Gasteiger partial charge is 0.269 e. The van der Waals surface area contributed by atoms with Gasteiger partial charge in [0.1, 0.15) is 12.4 Å². The molecule has 1 heterocycles. The number of aliphatic imine (C=N–C) groups is 1. The SMILES string of the molecule is O=C1NC(=Nc2ccc([N+](=O)[O-])cc2)S/C1=C\c1c(OCc2ccc(Cl)cc2)ccc2ccccc12. The number of hydrogen-bond donors (Lipinski definition) is 1. The number of nitro benzene ring substituents is 1. The van der Waals surface area contributed by atoms with Crippen molar-refractivity contribution in [2.45, 2.75) is 6.61 Å². The van der Waals surface area contributed by atoms with E-state index in [0.717, 1.165) is 21.9 Å². The average Bonchev–Trinajstić information content (AvgIpc) is 3.23. The summed E-state index contributed by atoms with van der Waals surface area (Å²) in [5.74, 6) is 0.363. The molecule has 0 unspecified atom stereocenters. The van der Waals surface area contributed by atoms with Crippen molar-refractivity contribution in [2.24, 2.45) is 4.99 Å². The Bertz CT molecular complexity index is 1530. The zero-order valence-electron chi connectivity index (χ0n) is 18.7. The molecule has 7 nitrogen and oxygen atoms in total. The number of thioether (sulfide) groups is 1. The summed E-state index contributed by atoms with van der Waals surface area (Å²) in [7, 11) is 0. The number of benzene rings is 4. The lowest BCUT2D eigenvalue weighted by atomic mass is 10.0. The highest BCUT2D eigenvalue weighted by molar-refractivity contribution is 8.18. The Labute approximate surface area is 215 Å². The van der Waals surface area contributed by atoms with E-state index in [2.05, 4.69) is 10.3 Å². The molecule has 4 aromatic carbocycles. The van der Waals surface area contributed by atoms with Crippen LogP contribution in [0.15, 0.2) is 94.8 Å². The normalized spacial score (nSPS) is 15.4. The van der Waals surface area contributed by atoms with Crippen molar-refractivity contribution in [1.82, 2.24) is 5.32 Å². The standard InChI is InChI=1S/C27H18ClN3O4S/c28-19-8-5-17(6-9-19)16-35-24-14-7-18-3-1-2-4-22(18)23(24)15-25-26(32)30-27(36-25)29-20-10-12-21(13-11-20)31(33)34/h1-15H,16H2,(H,29,30,32)/b25-15-. The molecule has 4 aromatic rings. The summed E-state index contributed by atoms with van der Waals surface area (Å²) in [6, 6.07) is 25.0. The van der Waals surface area contributed by atoms with Crippen molar-refractivity contribution in [3.05, 3.63) is 116 Å². The average molecular weight is 516 g/mol. The second kappa shape index (κ2) is 10.2. The number of amidine groups is 1. The van der Waals surface area contributed by atoms with Gasteiger partial charge in [0.15, 0.2) is 5.17 Å². The first kappa shape index (κ1) is 23.6. The maximum atomic E-state index is 12.8. The number of carbonyl (C=O) groups excluding carboxylic acids is 1. The molecule has 1 N–H and O–H groups in total. The fourth-order valence-corrected chi connectivity index (χ4v) is 4.62. The summed E-state index contributed by atoms with van der Waals surface area (Å²) in [5.41, 5.74) is 2.24. The van der Waals surface area contributed by atoms with Gasteiger partial charge in [-0.1, -0.05) is 54.1 Å². The molecule has 1 amide bonds. The monoisotopic (exact) mass is 515 g/mol. The number of ether oxygens (including phenoxy) is 1. The Hall–Kier alpha value is -4.14. The van der Waals surface area contributed by atoms with Gasteiger partial charge in [0.2, 0.25) is 0 Å². The van der Waals surface area contributed by atoms with Crippen LogP contribution in [0.5, 0.6) is 5.75 Å². The number of nitro groups is 1. The minimum Gasteiger partial charge on any atom is -0.488 e. The molecule has 1 saturated heterocycles. The predicted molar refractivity (Wildman–Crippen MR) is 144 cm³/mol. The Morgan fingerprint density at radius 3 is 2.50 bits per heavy atom. The van der Waals surface area contributed by atoms with Crippen LogP contribution in [0.3, 0.4) is 0 Å². The van der Waals surface area contributed by atoms with Gasteiger partial charge in [-0.15, -0.1) is 0 Å². The molecule has 0 saturated carbocycles. The van der Waals surface area contributed by atoms with Crippen LogP contribution in [0.2, 0.25) is 5.02 Å². The van der Waals surface area contributed by atoms with Gasteiger partial charge in [0, 0.05) is 22.7 Å². The topological polar surface area (TPSA) is 93.8 Å². The highest BCUT2D eigenvalue weighted by atomic mass is 35.5. The van der Waals surface area contributed by atoms with Crippen LogP contribution in [-0.2, 0) is 11.4 Å². The number of fused-ring (bicyclic) bond motifs is 1. The lowest BCUT2D eigenvalue weighted by molar-refractivity contribution is -0.384. The number of amides is 1. The predicted octanol–water partition coefficient (Wildman–Crippen LogP) is 6.87. The van der Waals surface area contributed by atoms with Gasteiger partial charge in [0.25, 0.3) is 11.6 Å². The molecular formula is C27H18ClN3O4S. The van der Waals surface area contributed by atoms with Gasteiger partial charge in [-0.05, 0) is 64.5 Å². The van der Waals surface area contributed by atoms with Crippen LogP contribution < -0.4 is 10.1 Å². The zero-order valence-corrected chi connectivity index (χ0v) is 20.3. The Morgan fingerprint density at radius 1 is 1.00 bits per heavy atom. The first-order valence-corrected chi connectivity index (χ1v) is 12.1. The van der Waals surface area contributed by atoms with Crippen molar-refractivity contribution in [3.63, 3.8) is 0 Å². The van der Waals surface area contributed by atoms with E-state index in [1.807, 2.05) is 60.7 Å². The first-order chi connectivity index (χ1) is 17.5. The van der Waals surface area contributed by atoms with Crippen LogP contribution in [0.25, 0.3) is 16.8 Å². The molecule has 0 aromatic heterocycles. The Balaban J connectivity index is 1.45. The van der Waals surface area contributed by atoms with Crippen molar-refractivity contribution in [1.29, 1.82) is 0 Å². The van der Waals surface area contributed by atoms with E-state index in [4.69, 9.17) is 16.3 Å². The fourth-order valence-electron chi connectivity index (χ4n) is 3.67. The maximum Gasteiger partial charge on any atom is 0.269 e. The highest BCUT2D eigenvalue weighted by Gasteiger charge is 2.25. The number of non-ortho nitro benzene ring substituents is 1. The van der Waals surface area contributed by atoms with Gasteiger partial charge < -0.3 is 10.1 Å². The summed E-state index contributed by atoms with van der Waals surface area (Å²) < 4.78 is 6.16. The molecule has 1 aliphatic heterocycles. The van der Waals surface area contributed by atoms with E-state index >= 15 is 0 Å². The molecule has 0 aliphatic carbocycles. The molecule has 178 valence electrons. The lowest BCUT2D eigenvalue weighted by Gasteiger charge is -2.13. The van der Waals surface area contributed by atoms with Gasteiger partial charge in [-0.2, -0.15) is 0 Å². The van der Waals surface area contributed by atoms with E-state index < -0.39 is 4.92 Å². The molecule has 9 heteroatoms.